The van der Waals surface area contributed by atoms with Gasteiger partial charge in [-0.05, 0) is 38.1 Å². The van der Waals surface area contributed by atoms with Crippen LogP contribution in [0.4, 0.5) is 5.69 Å². The van der Waals surface area contributed by atoms with Gasteiger partial charge in [0.1, 0.15) is 18.0 Å². The molecule has 0 saturated carbocycles. The molecule has 3 heterocycles. The van der Waals surface area contributed by atoms with Gasteiger partial charge in [-0.3, -0.25) is 14.5 Å². The molecule has 1 N–H and O–H groups in total. The van der Waals surface area contributed by atoms with Crippen LogP contribution in [0.15, 0.2) is 36.5 Å². The number of halogens is 2. The molecule has 2 aromatic heterocycles. The molecule has 4 rings (SSSR count). The molecular weight excluding hydrogens is 477 g/mol. The highest BCUT2D eigenvalue weighted by Gasteiger charge is 2.31. The molecule has 1 saturated heterocycles. The molecule has 3 aromatic rings. The molecule has 1 aliphatic heterocycles. The van der Waals surface area contributed by atoms with Crippen LogP contribution in [0.5, 0.6) is 5.75 Å². The van der Waals surface area contributed by atoms with Crippen LogP contribution in [0.1, 0.15) is 11.4 Å². The number of aromatic nitrogens is 3. The number of rotatable bonds is 6. The third kappa shape index (κ3) is 4.85. The van der Waals surface area contributed by atoms with Crippen molar-refractivity contribution in [3.05, 3.63) is 58.0 Å². The zero-order valence-corrected chi connectivity index (χ0v) is 20.8. The molecular formula is C24H27Cl2N5O3. The summed E-state index contributed by atoms with van der Waals surface area (Å²) in [6.07, 6.45) is 1.71. The Balaban J connectivity index is 1.49. The number of anilines is 1. The number of aryl methyl sites for hydroxylation is 1. The van der Waals surface area contributed by atoms with Crippen LogP contribution < -0.4 is 9.64 Å². The number of piperazine rings is 1. The second-order valence-corrected chi connectivity index (χ2v) is 9.07. The van der Waals surface area contributed by atoms with Crippen molar-refractivity contribution >= 4 is 34.8 Å². The number of aliphatic hydroxyl groups excluding tert-OH is 1. The topological polar surface area (TPSA) is 83.7 Å². The van der Waals surface area contributed by atoms with E-state index in [1.807, 2.05) is 38.1 Å². The number of pyridine rings is 1. The minimum absolute atomic E-state index is 0.0425. The van der Waals surface area contributed by atoms with Gasteiger partial charge in [0, 0.05) is 48.8 Å². The first kappa shape index (κ1) is 24.3. The molecule has 34 heavy (non-hydrogen) atoms. The number of hydrogen-bond acceptors (Lipinski definition) is 6. The Kier molecular flexibility index (Phi) is 7.30. The fraction of sp³-hybridized carbons (Fsp3) is 0.375. The molecule has 0 spiro atoms. The van der Waals surface area contributed by atoms with Gasteiger partial charge in [0.25, 0.3) is 0 Å². The van der Waals surface area contributed by atoms with E-state index in [1.165, 1.54) is 0 Å². The first-order valence-electron chi connectivity index (χ1n) is 11.0. The minimum atomic E-state index is -0.350. The molecule has 8 nitrogen and oxygen atoms in total. The summed E-state index contributed by atoms with van der Waals surface area (Å²) in [4.78, 5) is 21.3. The van der Waals surface area contributed by atoms with Crippen LogP contribution in [0, 0.1) is 13.8 Å². The third-order valence-electron chi connectivity index (χ3n) is 6.10. The van der Waals surface area contributed by atoms with Crippen molar-refractivity contribution in [1.82, 2.24) is 19.7 Å². The third-order valence-corrected chi connectivity index (χ3v) is 6.87. The van der Waals surface area contributed by atoms with Crippen LogP contribution in [0.2, 0.25) is 10.0 Å². The maximum Gasteiger partial charge on any atom is 0.244 e. The number of amides is 1. The summed E-state index contributed by atoms with van der Waals surface area (Å²) in [7, 11) is 1.57. The van der Waals surface area contributed by atoms with Crippen molar-refractivity contribution in [2.24, 2.45) is 0 Å². The van der Waals surface area contributed by atoms with E-state index >= 15 is 0 Å². The average Bonchev–Trinajstić information content (AvgIpc) is 3.12. The van der Waals surface area contributed by atoms with E-state index in [1.54, 1.807) is 29.0 Å². The van der Waals surface area contributed by atoms with Gasteiger partial charge < -0.3 is 19.6 Å². The summed E-state index contributed by atoms with van der Waals surface area (Å²) in [5, 5.41) is 15.7. The van der Waals surface area contributed by atoms with E-state index in [-0.39, 0.29) is 25.1 Å². The van der Waals surface area contributed by atoms with Crippen molar-refractivity contribution in [3.63, 3.8) is 0 Å². The molecule has 1 fully saturated rings. The lowest BCUT2D eigenvalue weighted by Crippen LogP contribution is -2.57. The second kappa shape index (κ2) is 10.2. The SMILES string of the molecule is COc1cc(N2CCN(C(=O)Cn3nc(-c4ccnc(C)c4)c(Cl)c3C)C(CO)C2)ccc1Cl. The number of hydrogen-bond donors (Lipinski definition) is 1. The molecule has 0 radical (unpaired) electrons. The van der Waals surface area contributed by atoms with Gasteiger partial charge in [-0.1, -0.05) is 23.2 Å². The first-order chi connectivity index (χ1) is 16.3. The van der Waals surface area contributed by atoms with E-state index in [0.717, 1.165) is 16.9 Å². The largest absolute Gasteiger partial charge is 0.495 e. The van der Waals surface area contributed by atoms with Gasteiger partial charge in [-0.15, -0.1) is 0 Å². The average molecular weight is 504 g/mol. The molecule has 1 aromatic carbocycles. The predicted octanol–water partition coefficient (Wildman–Crippen LogP) is 3.59. The van der Waals surface area contributed by atoms with E-state index in [2.05, 4.69) is 15.0 Å². The Morgan fingerprint density at radius 1 is 1.21 bits per heavy atom. The number of ether oxygens (including phenoxy) is 1. The van der Waals surface area contributed by atoms with Gasteiger partial charge in [0.05, 0.1) is 35.5 Å². The molecule has 0 bridgehead atoms. The quantitative estimate of drug-likeness (QED) is 0.553. The van der Waals surface area contributed by atoms with Crippen molar-refractivity contribution in [1.29, 1.82) is 0 Å². The number of nitrogens with zero attached hydrogens (tertiary/aromatic N) is 5. The van der Waals surface area contributed by atoms with Crippen molar-refractivity contribution in [3.8, 4) is 17.0 Å². The maximum absolute atomic E-state index is 13.2. The Hall–Kier alpha value is -2.81. The van der Waals surface area contributed by atoms with Crippen LogP contribution in [-0.4, -0.2) is 70.1 Å². The highest BCUT2D eigenvalue weighted by atomic mass is 35.5. The first-order valence-corrected chi connectivity index (χ1v) is 11.7. The van der Waals surface area contributed by atoms with E-state index in [4.69, 9.17) is 27.9 Å². The Bertz CT molecular complexity index is 1200. The fourth-order valence-corrected chi connectivity index (χ4v) is 4.63. The molecule has 1 unspecified atom stereocenters. The fourth-order valence-electron chi connectivity index (χ4n) is 4.19. The Morgan fingerprint density at radius 2 is 2.00 bits per heavy atom. The number of methoxy groups -OCH3 is 1. The number of benzene rings is 1. The van der Waals surface area contributed by atoms with Crippen molar-refractivity contribution in [2.45, 2.75) is 26.4 Å². The highest BCUT2D eigenvalue weighted by Crippen LogP contribution is 2.31. The van der Waals surface area contributed by atoms with Gasteiger partial charge in [-0.25, -0.2) is 0 Å². The van der Waals surface area contributed by atoms with Crippen LogP contribution in [0.25, 0.3) is 11.3 Å². The van der Waals surface area contributed by atoms with Crippen LogP contribution in [-0.2, 0) is 11.3 Å². The monoisotopic (exact) mass is 503 g/mol. The standard InChI is InChI=1S/C24H27Cl2N5O3/c1-15-10-17(6-7-27-15)24-23(26)16(2)31(28-24)13-22(33)30-9-8-29(12-19(30)14-32)18-4-5-20(25)21(11-18)34-3/h4-7,10-11,19,32H,8-9,12-14H2,1-3H3. The molecule has 1 atom stereocenters. The highest BCUT2D eigenvalue weighted by molar-refractivity contribution is 6.33. The smallest absolute Gasteiger partial charge is 0.244 e. The number of aliphatic hydroxyl groups is 1. The normalized spacial score (nSPS) is 16.1. The summed E-state index contributed by atoms with van der Waals surface area (Å²) in [6.45, 7) is 5.23. The van der Waals surface area contributed by atoms with E-state index in [9.17, 15) is 9.90 Å². The Labute approximate surface area is 208 Å². The number of carbonyl (C=O) groups is 1. The van der Waals surface area contributed by atoms with Gasteiger partial charge >= 0.3 is 0 Å². The van der Waals surface area contributed by atoms with Crippen molar-refractivity contribution < 1.29 is 14.6 Å². The summed E-state index contributed by atoms with van der Waals surface area (Å²) in [5.41, 5.74) is 3.98. The van der Waals surface area contributed by atoms with Gasteiger partial charge in [0.2, 0.25) is 5.91 Å². The Morgan fingerprint density at radius 3 is 2.71 bits per heavy atom. The van der Waals surface area contributed by atoms with Crippen LogP contribution in [0.3, 0.4) is 0 Å². The summed E-state index contributed by atoms with van der Waals surface area (Å²) in [6, 6.07) is 8.97. The molecule has 0 aliphatic carbocycles. The molecule has 1 amide bonds. The lowest BCUT2D eigenvalue weighted by Gasteiger charge is -2.41. The maximum atomic E-state index is 13.2. The van der Waals surface area contributed by atoms with Gasteiger partial charge in [0.15, 0.2) is 0 Å². The van der Waals surface area contributed by atoms with Gasteiger partial charge in [-0.2, -0.15) is 5.10 Å². The summed E-state index contributed by atoms with van der Waals surface area (Å²) < 4.78 is 6.95. The van der Waals surface area contributed by atoms with Crippen molar-refractivity contribution in [2.75, 3.05) is 38.3 Å². The zero-order valence-electron chi connectivity index (χ0n) is 19.3. The molecule has 1 aliphatic rings. The summed E-state index contributed by atoms with van der Waals surface area (Å²) >= 11 is 12.7. The number of carbonyl (C=O) groups excluding carboxylic acids is 1. The summed E-state index contributed by atoms with van der Waals surface area (Å²) in [5.74, 6) is 0.469. The van der Waals surface area contributed by atoms with E-state index < -0.39 is 0 Å². The lowest BCUT2D eigenvalue weighted by atomic mass is 10.1. The van der Waals surface area contributed by atoms with E-state index in [0.29, 0.717) is 46.8 Å². The van der Waals surface area contributed by atoms with Crippen LogP contribution >= 0.6 is 23.2 Å². The molecule has 180 valence electrons. The zero-order chi connectivity index (χ0) is 24.4. The lowest BCUT2D eigenvalue weighted by molar-refractivity contribution is -0.135. The molecule has 10 heteroatoms. The minimum Gasteiger partial charge on any atom is -0.495 e. The second-order valence-electron chi connectivity index (χ2n) is 8.28. The predicted molar refractivity (Wildman–Crippen MR) is 133 cm³/mol.